The number of hydrogen-bond donors (Lipinski definition) is 0. The van der Waals surface area contributed by atoms with E-state index >= 15 is 0 Å². The van der Waals surface area contributed by atoms with Gasteiger partial charge in [0.15, 0.2) is 0 Å². The lowest BCUT2D eigenvalue weighted by Crippen LogP contribution is -2.11. The first-order valence-electron chi connectivity index (χ1n) is 13.5. The van der Waals surface area contributed by atoms with Crippen molar-refractivity contribution < 1.29 is 9.47 Å². The minimum absolute atomic E-state index is 0.657. The highest BCUT2D eigenvalue weighted by Gasteiger charge is 2.07. The molecule has 0 spiro atoms. The zero-order valence-electron chi connectivity index (χ0n) is 22.0. The summed E-state index contributed by atoms with van der Waals surface area (Å²) in [7, 11) is 0. The van der Waals surface area contributed by atoms with E-state index < -0.39 is 0 Å². The quantitative estimate of drug-likeness (QED) is 0.218. The fourth-order valence-electron chi connectivity index (χ4n) is 3.91. The van der Waals surface area contributed by atoms with Gasteiger partial charge in [-0.25, -0.2) is 0 Å². The van der Waals surface area contributed by atoms with Gasteiger partial charge < -0.3 is 9.47 Å². The molecule has 2 atom stereocenters. The zero-order valence-corrected chi connectivity index (χ0v) is 22.0. The van der Waals surface area contributed by atoms with Gasteiger partial charge in [0.1, 0.15) is 11.5 Å². The van der Waals surface area contributed by atoms with Crippen LogP contribution in [-0.4, -0.2) is 13.2 Å². The normalized spacial score (nSPS) is 13.4. The summed E-state index contributed by atoms with van der Waals surface area (Å²) in [6.45, 7) is 10.6. The summed E-state index contributed by atoms with van der Waals surface area (Å²) in [5.74, 6) is 3.23. The molecule has 2 aromatic rings. The first-order chi connectivity index (χ1) is 16.7. The monoisotopic (exact) mass is 462 g/mol. The third-order valence-corrected chi connectivity index (χ3v) is 6.51. The summed E-state index contributed by atoms with van der Waals surface area (Å²) in [4.78, 5) is 0. The van der Waals surface area contributed by atoms with Crippen molar-refractivity contribution in [3.63, 3.8) is 0 Å². The minimum Gasteiger partial charge on any atom is -0.493 e. The van der Waals surface area contributed by atoms with Crippen molar-refractivity contribution in [3.05, 3.63) is 71.8 Å². The van der Waals surface area contributed by atoms with Gasteiger partial charge in [-0.05, 0) is 60.1 Å². The molecule has 0 aromatic heterocycles. The number of ether oxygens (including phenoxy) is 2. The molecule has 0 aliphatic heterocycles. The fourth-order valence-corrected chi connectivity index (χ4v) is 3.91. The highest BCUT2D eigenvalue weighted by Crippen LogP contribution is 2.19. The minimum atomic E-state index is 0.657. The van der Waals surface area contributed by atoms with Crippen LogP contribution in [0.2, 0.25) is 0 Å². The Bertz CT molecular complexity index is 746. The van der Waals surface area contributed by atoms with E-state index in [4.69, 9.17) is 9.47 Å². The molecule has 2 rings (SSSR count). The van der Waals surface area contributed by atoms with Gasteiger partial charge in [0.25, 0.3) is 0 Å². The van der Waals surface area contributed by atoms with Crippen LogP contribution >= 0.6 is 0 Å². The zero-order chi connectivity index (χ0) is 24.4. The van der Waals surface area contributed by atoms with Gasteiger partial charge in [-0.1, -0.05) is 115 Å². The van der Waals surface area contributed by atoms with E-state index in [2.05, 4.69) is 101 Å². The second-order valence-corrected chi connectivity index (χ2v) is 9.31. The van der Waals surface area contributed by atoms with E-state index in [1.165, 1.54) is 62.5 Å². The molecule has 0 aliphatic carbocycles. The molecule has 34 heavy (non-hydrogen) atoms. The first kappa shape index (κ1) is 27.8. The van der Waals surface area contributed by atoms with Gasteiger partial charge in [0, 0.05) is 0 Å². The van der Waals surface area contributed by atoms with Gasteiger partial charge in [-0.15, -0.1) is 0 Å². The van der Waals surface area contributed by atoms with Crippen molar-refractivity contribution in [3.8, 4) is 11.5 Å². The second kappa shape index (κ2) is 17.0. The molecule has 0 fully saturated rings. The van der Waals surface area contributed by atoms with Crippen LogP contribution in [0.5, 0.6) is 11.5 Å². The molecule has 2 aromatic carbocycles. The van der Waals surface area contributed by atoms with Crippen molar-refractivity contribution in [2.45, 2.75) is 79.1 Å². The predicted molar refractivity (Wildman–Crippen MR) is 149 cm³/mol. The molecule has 0 N–H and O–H groups in total. The summed E-state index contributed by atoms with van der Waals surface area (Å²) in [6.07, 6.45) is 18.4. The van der Waals surface area contributed by atoms with E-state index in [1.54, 1.807) is 0 Å². The molecule has 0 heterocycles. The number of benzene rings is 2. The molecule has 2 nitrogen and oxygen atoms in total. The number of hydrogen-bond acceptors (Lipinski definition) is 2. The summed E-state index contributed by atoms with van der Waals surface area (Å²) in [5.41, 5.74) is 2.35. The third-order valence-electron chi connectivity index (χ3n) is 6.51. The van der Waals surface area contributed by atoms with Crippen molar-refractivity contribution in [2.75, 3.05) is 13.2 Å². The molecule has 0 saturated carbocycles. The molecule has 0 radical (unpaired) electrons. The summed E-state index contributed by atoms with van der Waals surface area (Å²) < 4.78 is 12.0. The van der Waals surface area contributed by atoms with Crippen LogP contribution in [0.25, 0.3) is 12.2 Å². The Labute approximate surface area is 209 Å². The Morgan fingerprint density at radius 1 is 0.588 bits per heavy atom. The summed E-state index contributed by atoms with van der Waals surface area (Å²) in [5, 5.41) is 0. The van der Waals surface area contributed by atoms with E-state index in [9.17, 15) is 0 Å². The summed E-state index contributed by atoms with van der Waals surface area (Å²) >= 11 is 0. The van der Waals surface area contributed by atoms with Gasteiger partial charge in [-0.2, -0.15) is 0 Å². The molecular formula is C32H46O2. The topological polar surface area (TPSA) is 18.5 Å². The van der Waals surface area contributed by atoms with Gasteiger partial charge >= 0.3 is 0 Å². The van der Waals surface area contributed by atoms with Crippen LogP contribution in [0.15, 0.2) is 60.7 Å². The Hall–Kier alpha value is -2.48. The van der Waals surface area contributed by atoms with Crippen molar-refractivity contribution in [2.24, 2.45) is 11.8 Å². The standard InChI is InChI=1S/C32H46O2/c1-5-9-13-27(7-3)25-33-31-21-17-29(18-22-31)15-11-12-16-30-19-23-32(24-20-30)34-26-28(8-4)14-10-6-2/h11-12,15-24,27-28H,5-10,13-14,25-26H2,1-4H3/b15-11+,16-12+. The average molecular weight is 463 g/mol. The Morgan fingerprint density at radius 3 is 1.29 bits per heavy atom. The molecule has 2 unspecified atom stereocenters. The average Bonchev–Trinajstić information content (AvgIpc) is 2.88. The predicted octanol–water partition coefficient (Wildman–Crippen LogP) is 9.60. The lowest BCUT2D eigenvalue weighted by molar-refractivity contribution is 0.233. The number of unbranched alkanes of at least 4 members (excludes halogenated alkanes) is 2. The highest BCUT2D eigenvalue weighted by molar-refractivity contribution is 5.58. The molecule has 0 bridgehead atoms. The highest BCUT2D eigenvalue weighted by atomic mass is 16.5. The summed E-state index contributed by atoms with van der Waals surface area (Å²) in [6, 6.07) is 16.7. The van der Waals surface area contributed by atoms with Gasteiger partial charge in [0.2, 0.25) is 0 Å². The smallest absolute Gasteiger partial charge is 0.119 e. The molecule has 0 saturated heterocycles. The Kier molecular flexibility index (Phi) is 13.9. The SMILES string of the molecule is CCCCC(CC)COc1ccc(/C=C/C=C/c2ccc(OCC(CC)CCCC)cc2)cc1. The molecule has 0 amide bonds. The Balaban J connectivity index is 1.77. The van der Waals surface area contributed by atoms with E-state index in [1.807, 2.05) is 0 Å². The third kappa shape index (κ3) is 11.1. The van der Waals surface area contributed by atoms with Crippen LogP contribution in [0.1, 0.15) is 90.2 Å². The maximum atomic E-state index is 6.01. The Morgan fingerprint density at radius 2 is 0.971 bits per heavy atom. The van der Waals surface area contributed by atoms with Crippen LogP contribution in [0, 0.1) is 11.8 Å². The van der Waals surface area contributed by atoms with E-state index in [-0.39, 0.29) is 0 Å². The lowest BCUT2D eigenvalue weighted by atomic mass is 10.0. The lowest BCUT2D eigenvalue weighted by Gasteiger charge is -2.15. The van der Waals surface area contributed by atoms with Crippen molar-refractivity contribution >= 4 is 12.2 Å². The molecule has 0 aliphatic rings. The fraction of sp³-hybridized carbons (Fsp3) is 0.500. The van der Waals surface area contributed by atoms with Crippen LogP contribution in [0.4, 0.5) is 0 Å². The number of allylic oxidation sites excluding steroid dienone is 2. The van der Waals surface area contributed by atoms with Gasteiger partial charge in [0.05, 0.1) is 13.2 Å². The van der Waals surface area contributed by atoms with Crippen LogP contribution in [0.3, 0.4) is 0 Å². The maximum absolute atomic E-state index is 6.01. The van der Waals surface area contributed by atoms with E-state index in [0.29, 0.717) is 11.8 Å². The maximum Gasteiger partial charge on any atom is 0.119 e. The molecular weight excluding hydrogens is 416 g/mol. The van der Waals surface area contributed by atoms with Gasteiger partial charge in [-0.3, -0.25) is 0 Å². The second-order valence-electron chi connectivity index (χ2n) is 9.31. The van der Waals surface area contributed by atoms with Crippen LogP contribution in [-0.2, 0) is 0 Å². The molecule has 186 valence electrons. The van der Waals surface area contributed by atoms with Crippen molar-refractivity contribution in [1.29, 1.82) is 0 Å². The largest absolute Gasteiger partial charge is 0.493 e. The number of rotatable bonds is 17. The first-order valence-corrected chi connectivity index (χ1v) is 13.5. The van der Waals surface area contributed by atoms with Crippen molar-refractivity contribution in [1.82, 2.24) is 0 Å². The molecule has 2 heteroatoms. The van der Waals surface area contributed by atoms with Crippen LogP contribution < -0.4 is 9.47 Å². The van der Waals surface area contributed by atoms with E-state index in [0.717, 1.165) is 24.7 Å².